The largest absolute Gasteiger partial charge is 0.400 e. The van der Waals surface area contributed by atoms with Crippen LogP contribution in [0.5, 0.6) is 0 Å². The number of hydrogen-bond acceptors (Lipinski definition) is 3. The SMILES string of the molecule is CO.CO.CO.c1ccc2[nH]ccc2c1. The summed E-state index contributed by atoms with van der Waals surface area (Å²) in [6, 6.07) is 10.3. The second kappa shape index (κ2) is 12.6. The number of rotatable bonds is 0. The van der Waals surface area contributed by atoms with E-state index in [4.69, 9.17) is 15.3 Å². The third kappa shape index (κ3) is 5.85. The molecule has 15 heavy (non-hydrogen) atoms. The Morgan fingerprint density at radius 3 is 1.87 bits per heavy atom. The molecule has 2 rings (SSSR count). The van der Waals surface area contributed by atoms with Gasteiger partial charge in [-0.3, -0.25) is 0 Å². The van der Waals surface area contributed by atoms with Gasteiger partial charge in [-0.25, -0.2) is 0 Å². The third-order valence-electron chi connectivity index (χ3n) is 1.46. The van der Waals surface area contributed by atoms with E-state index in [9.17, 15) is 0 Å². The fourth-order valence-electron chi connectivity index (χ4n) is 0.995. The van der Waals surface area contributed by atoms with E-state index in [0.29, 0.717) is 0 Å². The van der Waals surface area contributed by atoms with Crippen molar-refractivity contribution in [3.8, 4) is 0 Å². The average molecular weight is 213 g/mol. The van der Waals surface area contributed by atoms with Crippen molar-refractivity contribution in [3.05, 3.63) is 36.5 Å². The first-order valence-electron chi connectivity index (χ1n) is 4.33. The lowest BCUT2D eigenvalue weighted by Gasteiger charge is -1.83. The number of hydrogen-bond donors (Lipinski definition) is 4. The Balaban J connectivity index is 0. The molecule has 4 heteroatoms. The number of aromatic amines is 1. The molecule has 0 radical (unpaired) electrons. The predicted octanol–water partition coefficient (Wildman–Crippen LogP) is 0.993. The predicted molar refractivity (Wildman–Crippen MR) is 62.7 cm³/mol. The Morgan fingerprint density at radius 1 is 0.800 bits per heavy atom. The molecule has 0 atom stereocenters. The van der Waals surface area contributed by atoms with E-state index in [-0.39, 0.29) is 0 Å². The van der Waals surface area contributed by atoms with Crippen molar-refractivity contribution in [3.63, 3.8) is 0 Å². The minimum Gasteiger partial charge on any atom is -0.400 e. The lowest BCUT2D eigenvalue weighted by atomic mass is 10.3. The average Bonchev–Trinajstić information content (AvgIpc) is 2.85. The number of fused-ring (bicyclic) bond motifs is 1. The summed E-state index contributed by atoms with van der Waals surface area (Å²) in [5.74, 6) is 0. The topological polar surface area (TPSA) is 76.5 Å². The van der Waals surface area contributed by atoms with E-state index in [1.54, 1.807) is 0 Å². The molecule has 4 N–H and O–H groups in total. The number of aromatic nitrogens is 1. The van der Waals surface area contributed by atoms with E-state index in [1.807, 2.05) is 18.3 Å². The van der Waals surface area contributed by atoms with Crippen molar-refractivity contribution in [2.45, 2.75) is 0 Å². The number of H-pyrrole nitrogens is 1. The standard InChI is InChI=1S/C8H7N.3CH4O/c1-2-4-8-7(3-1)5-6-9-8;3*1-2/h1-6,9H;3*2H,1H3. The van der Waals surface area contributed by atoms with E-state index in [2.05, 4.69) is 23.2 Å². The quantitative estimate of drug-likeness (QED) is 0.527. The van der Waals surface area contributed by atoms with Gasteiger partial charge in [0.15, 0.2) is 0 Å². The van der Waals surface area contributed by atoms with Crippen LogP contribution in [0, 0.1) is 0 Å². The maximum Gasteiger partial charge on any atom is 0.0453 e. The molecule has 0 fully saturated rings. The zero-order chi connectivity index (χ0) is 12.1. The number of nitrogens with one attached hydrogen (secondary N) is 1. The van der Waals surface area contributed by atoms with Crippen LogP contribution >= 0.6 is 0 Å². The lowest BCUT2D eigenvalue weighted by Crippen LogP contribution is -1.61. The monoisotopic (exact) mass is 213 g/mol. The van der Waals surface area contributed by atoms with E-state index >= 15 is 0 Å². The van der Waals surface area contributed by atoms with Gasteiger partial charge in [-0.2, -0.15) is 0 Å². The normalized spacial score (nSPS) is 7.33. The molecule has 1 heterocycles. The molecule has 0 aliphatic heterocycles. The lowest BCUT2D eigenvalue weighted by molar-refractivity contribution is 0.399. The molecule has 86 valence electrons. The second-order valence-corrected chi connectivity index (χ2v) is 2.06. The highest BCUT2D eigenvalue weighted by Gasteiger charge is 1.86. The molecule has 0 saturated carbocycles. The van der Waals surface area contributed by atoms with Crippen LogP contribution in [0.25, 0.3) is 10.9 Å². The highest BCUT2D eigenvalue weighted by atomic mass is 16.2. The van der Waals surface area contributed by atoms with Gasteiger partial charge in [0.1, 0.15) is 0 Å². The number of benzene rings is 1. The van der Waals surface area contributed by atoms with Crippen LogP contribution in [0.2, 0.25) is 0 Å². The summed E-state index contributed by atoms with van der Waals surface area (Å²) in [7, 11) is 3.00. The van der Waals surface area contributed by atoms with Crippen molar-refractivity contribution in [2.24, 2.45) is 0 Å². The Morgan fingerprint density at radius 2 is 1.33 bits per heavy atom. The van der Waals surface area contributed by atoms with Gasteiger partial charge in [0.05, 0.1) is 0 Å². The van der Waals surface area contributed by atoms with Crippen LogP contribution in [-0.2, 0) is 0 Å². The first-order chi connectivity index (χ1) is 7.47. The summed E-state index contributed by atoms with van der Waals surface area (Å²) in [5, 5.41) is 22.3. The van der Waals surface area contributed by atoms with Gasteiger partial charge in [-0.15, -0.1) is 0 Å². The van der Waals surface area contributed by atoms with E-state index < -0.39 is 0 Å². The van der Waals surface area contributed by atoms with Crippen LogP contribution in [0.15, 0.2) is 36.5 Å². The van der Waals surface area contributed by atoms with Gasteiger partial charge < -0.3 is 20.3 Å². The minimum absolute atomic E-state index is 1.00. The van der Waals surface area contributed by atoms with Crippen LogP contribution in [0.1, 0.15) is 0 Å². The molecular weight excluding hydrogens is 194 g/mol. The minimum atomic E-state index is 1.00. The van der Waals surface area contributed by atoms with E-state index in [0.717, 1.165) is 21.3 Å². The van der Waals surface area contributed by atoms with Crippen molar-refractivity contribution in [1.82, 2.24) is 4.98 Å². The van der Waals surface area contributed by atoms with Crippen LogP contribution in [0.3, 0.4) is 0 Å². The highest BCUT2D eigenvalue weighted by Crippen LogP contribution is 2.09. The number of para-hydroxylation sites is 1. The summed E-state index contributed by atoms with van der Waals surface area (Å²) in [4.78, 5) is 3.12. The first kappa shape index (κ1) is 16.1. The van der Waals surface area contributed by atoms with Gasteiger partial charge >= 0.3 is 0 Å². The maximum absolute atomic E-state index is 7.00. The van der Waals surface area contributed by atoms with Gasteiger partial charge in [-0.1, -0.05) is 18.2 Å². The molecule has 0 saturated heterocycles. The Hall–Kier alpha value is -1.36. The Bertz CT molecular complexity index is 290. The summed E-state index contributed by atoms with van der Waals surface area (Å²) in [6.07, 6.45) is 1.95. The van der Waals surface area contributed by atoms with Crippen LogP contribution in [0.4, 0.5) is 0 Å². The van der Waals surface area contributed by atoms with Crippen molar-refractivity contribution >= 4 is 10.9 Å². The van der Waals surface area contributed by atoms with Crippen LogP contribution < -0.4 is 0 Å². The molecule has 1 aromatic heterocycles. The molecule has 0 aliphatic carbocycles. The zero-order valence-electron chi connectivity index (χ0n) is 9.31. The first-order valence-corrected chi connectivity index (χ1v) is 4.33. The molecule has 0 bridgehead atoms. The summed E-state index contributed by atoms with van der Waals surface area (Å²) >= 11 is 0. The fourth-order valence-corrected chi connectivity index (χ4v) is 0.995. The Labute approximate surface area is 89.8 Å². The van der Waals surface area contributed by atoms with Gasteiger partial charge in [0, 0.05) is 33.0 Å². The highest BCUT2D eigenvalue weighted by molar-refractivity contribution is 5.78. The number of aliphatic hydroxyl groups is 3. The molecule has 4 nitrogen and oxygen atoms in total. The fraction of sp³-hybridized carbons (Fsp3) is 0.273. The van der Waals surface area contributed by atoms with Gasteiger partial charge in [0.25, 0.3) is 0 Å². The van der Waals surface area contributed by atoms with Crippen LogP contribution in [-0.4, -0.2) is 41.6 Å². The molecule has 1 aromatic carbocycles. The van der Waals surface area contributed by atoms with Gasteiger partial charge in [0.2, 0.25) is 0 Å². The maximum atomic E-state index is 7.00. The molecule has 0 aliphatic rings. The Kier molecular flexibility index (Phi) is 13.6. The molecular formula is C11H19NO3. The van der Waals surface area contributed by atoms with E-state index in [1.165, 1.54) is 10.9 Å². The van der Waals surface area contributed by atoms with Crippen molar-refractivity contribution < 1.29 is 15.3 Å². The second-order valence-electron chi connectivity index (χ2n) is 2.06. The molecule has 0 spiro atoms. The van der Waals surface area contributed by atoms with Gasteiger partial charge in [-0.05, 0) is 17.5 Å². The number of aliphatic hydroxyl groups excluding tert-OH is 3. The molecule has 0 unspecified atom stereocenters. The summed E-state index contributed by atoms with van der Waals surface area (Å²) < 4.78 is 0. The third-order valence-corrected chi connectivity index (χ3v) is 1.46. The van der Waals surface area contributed by atoms with Crippen molar-refractivity contribution in [2.75, 3.05) is 21.3 Å². The molecule has 2 aromatic rings. The zero-order valence-corrected chi connectivity index (χ0v) is 9.31. The summed E-state index contributed by atoms with van der Waals surface area (Å²) in [6.45, 7) is 0. The molecule has 0 amide bonds. The smallest absolute Gasteiger partial charge is 0.0453 e. The summed E-state index contributed by atoms with van der Waals surface area (Å²) in [5.41, 5.74) is 1.21. The van der Waals surface area contributed by atoms with Crippen molar-refractivity contribution in [1.29, 1.82) is 0 Å².